The van der Waals surface area contributed by atoms with E-state index in [1.807, 2.05) is 85.8 Å². The summed E-state index contributed by atoms with van der Waals surface area (Å²) in [6.07, 6.45) is 2.07. The second-order valence-corrected chi connectivity index (χ2v) is 7.84. The van der Waals surface area contributed by atoms with Gasteiger partial charge in [0.1, 0.15) is 5.82 Å². The Bertz CT molecular complexity index is 1280. The number of rotatable bonds is 8. The van der Waals surface area contributed by atoms with Crippen LogP contribution in [0.15, 0.2) is 85.1 Å². The molecule has 7 nitrogen and oxygen atoms in total. The van der Waals surface area contributed by atoms with Gasteiger partial charge in [0.15, 0.2) is 0 Å². The van der Waals surface area contributed by atoms with Gasteiger partial charge in [-0.2, -0.15) is 0 Å². The Hall–Kier alpha value is -4.10. The molecule has 8 heteroatoms. The first kappa shape index (κ1) is 25.5. The highest BCUT2D eigenvalue weighted by Crippen LogP contribution is 2.27. The van der Waals surface area contributed by atoms with E-state index in [1.165, 1.54) is 0 Å². The number of nitrogens with zero attached hydrogens (tertiary/aromatic N) is 1. The summed E-state index contributed by atoms with van der Waals surface area (Å²) in [5, 5.41) is 13.7. The van der Waals surface area contributed by atoms with Crippen molar-refractivity contribution in [2.75, 3.05) is 17.2 Å². The Morgan fingerprint density at radius 3 is 2.37 bits per heavy atom. The Morgan fingerprint density at radius 1 is 0.857 bits per heavy atom. The fraction of sp³-hybridized carbons (Fsp3) is 0.148. The maximum atomic E-state index is 12.3. The van der Waals surface area contributed by atoms with Crippen molar-refractivity contribution in [2.24, 2.45) is 0 Å². The molecule has 4 rings (SSSR count). The molecule has 0 radical (unpaired) electrons. The molecule has 0 aliphatic carbocycles. The number of carbonyl (C=O) groups is 2. The van der Waals surface area contributed by atoms with Gasteiger partial charge in [-0.1, -0.05) is 54.6 Å². The SMILES string of the molecule is CCNC(=O)Nc1cc2cccc(Nc3ccc(CC(=O)NCc4ccccc4)cc3)c2cn1.Cl. The third-order valence-electron chi connectivity index (χ3n) is 5.27. The Kier molecular flexibility index (Phi) is 9.03. The van der Waals surface area contributed by atoms with E-state index in [1.54, 1.807) is 6.20 Å². The van der Waals surface area contributed by atoms with Crippen LogP contribution in [0.3, 0.4) is 0 Å². The number of carbonyl (C=O) groups excluding carboxylic acids is 2. The monoisotopic (exact) mass is 489 g/mol. The summed E-state index contributed by atoms with van der Waals surface area (Å²) in [5.74, 6) is 0.479. The van der Waals surface area contributed by atoms with Crippen molar-refractivity contribution in [1.82, 2.24) is 15.6 Å². The van der Waals surface area contributed by atoms with E-state index in [0.717, 1.165) is 33.3 Å². The molecule has 3 amide bonds. The highest BCUT2D eigenvalue weighted by molar-refractivity contribution is 5.97. The van der Waals surface area contributed by atoms with Crippen LogP contribution >= 0.6 is 12.4 Å². The summed E-state index contributed by atoms with van der Waals surface area (Å²) >= 11 is 0. The van der Waals surface area contributed by atoms with E-state index in [4.69, 9.17) is 0 Å². The smallest absolute Gasteiger partial charge is 0.320 e. The molecule has 0 saturated heterocycles. The summed E-state index contributed by atoms with van der Waals surface area (Å²) in [7, 11) is 0. The lowest BCUT2D eigenvalue weighted by atomic mass is 10.1. The second-order valence-electron chi connectivity index (χ2n) is 7.84. The van der Waals surface area contributed by atoms with Gasteiger partial charge in [-0.3, -0.25) is 10.1 Å². The number of benzene rings is 3. The van der Waals surface area contributed by atoms with Gasteiger partial charge in [-0.15, -0.1) is 12.4 Å². The van der Waals surface area contributed by atoms with Gasteiger partial charge in [-0.25, -0.2) is 9.78 Å². The van der Waals surface area contributed by atoms with Gasteiger partial charge < -0.3 is 16.0 Å². The number of halogens is 1. The van der Waals surface area contributed by atoms with Crippen LogP contribution in [-0.4, -0.2) is 23.5 Å². The van der Waals surface area contributed by atoms with Crippen LogP contribution in [0.1, 0.15) is 18.1 Å². The molecule has 1 aromatic heterocycles. The van der Waals surface area contributed by atoms with Crippen molar-refractivity contribution in [2.45, 2.75) is 19.9 Å². The number of urea groups is 1. The van der Waals surface area contributed by atoms with Crippen molar-refractivity contribution in [3.8, 4) is 0 Å². The van der Waals surface area contributed by atoms with Crippen LogP contribution < -0.4 is 21.3 Å². The minimum Gasteiger partial charge on any atom is -0.355 e. The lowest BCUT2D eigenvalue weighted by Crippen LogP contribution is -2.28. The first-order valence-electron chi connectivity index (χ1n) is 11.2. The minimum atomic E-state index is -0.280. The molecule has 0 atom stereocenters. The van der Waals surface area contributed by atoms with E-state index in [-0.39, 0.29) is 24.3 Å². The average Bonchev–Trinajstić information content (AvgIpc) is 2.85. The van der Waals surface area contributed by atoms with Gasteiger partial charge in [-0.05, 0) is 47.7 Å². The van der Waals surface area contributed by atoms with E-state index in [0.29, 0.717) is 25.3 Å². The van der Waals surface area contributed by atoms with Crippen molar-refractivity contribution < 1.29 is 9.59 Å². The average molecular weight is 490 g/mol. The summed E-state index contributed by atoms with van der Waals surface area (Å²) in [4.78, 5) is 28.4. The molecule has 4 aromatic rings. The van der Waals surface area contributed by atoms with Crippen molar-refractivity contribution >= 4 is 52.3 Å². The van der Waals surface area contributed by atoms with Gasteiger partial charge >= 0.3 is 6.03 Å². The van der Waals surface area contributed by atoms with Gasteiger partial charge in [0, 0.05) is 36.0 Å². The highest BCUT2D eigenvalue weighted by atomic mass is 35.5. The molecule has 0 aliphatic heterocycles. The Morgan fingerprint density at radius 2 is 1.63 bits per heavy atom. The van der Waals surface area contributed by atoms with Crippen LogP contribution in [-0.2, 0) is 17.8 Å². The van der Waals surface area contributed by atoms with Crippen molar-refractivity contribution in [3.05, 3.63) is 96.2 Å². The molecule has 180 valence electrons. The first-order valence-corrected chi connectivity index (χ1v) is 11.2. The van der Waals surface area contributed by atoms with Crippen LogP contribution in [0.4, 0.5) is 22.0 Å². The molecule has 3 aromatic carbocycles. The molecule has 4 N–H and O–H groups in total. The molecule has 35 heavy (non-hydrogen) atoms. The topological polar surface area (TPSA) is 95.2 Å². The highest BCUT2D eigenvalue weighted by Gasteiger charge is 2.07. The molecular weight excluding hydrogens is 462 g/mol. The molecule has 0 unspecified atom stereocenters. The van der Waals surface area contributed by atoms with Gasteiger partial charge in [0.25, 0.3) is 0 Å². The number of aromatic nitrogens is 1. The molecule has 0 saturated carbocycles. The van der Waals surface area contributed by atoms with Crippen LogP contribution in [0.2, 0.25) is 0 Å². The summed E-state index contributed by atoms with van der Waals surface area (Å²) in [6, 6.07) is 25.1. The fourth-order valence-electron chi connectivity index (χ4n) is 3.58. The third kappa shape index (κ3) is 7.19. The number of hydrogen-bond acceptors (Lipinski definition) is 4. The fourth-order valence-corrected chi connectivity index (χ4v) is 3.58. The first-order chi connectivity index (χ1) is 16.6. The molecule has 0 spiro atoms. The van der Waals surface area contributed by atoms with Crippen LogP contribution in [0.5, 0.6) is 0 Å². The van der Waals surface area contributed by atoms with Crippen LogP contribution in [0, 0.1) is 0 Å². The zero-order valence-electron chi connectivity index (χ0n) is 19.4. The van der Waals surface area contributed by atoms with Gasteiger partial charge in [0.05, 0.1) is 6.42 Å². The predicted molar refractivity (Wildman–Crippen MR) is 143 cm³/mol. The maximum absolute atomic E-state index is 12.3. The largest absolute Gasteiger partial charge is 0.355 e. The minimum absolute atomic E-state index is 0. The summed E-state index contributed by atoms with van der Waals surface area (Å²) < 4.78 is 0. The summed E-state index contributed by atoms with van der Waals surface area (Å²) in [5.41, 5.74) is 3.83. The Labute approximate surface area is 210 Å². The quantitative estimate of drug-likeness (QED) is 0.266. The van der Waals surface area contributed by atoms with Crippen molar-refractivity contribution in [1.29, 1.82) is 0 Å². The molecule has 0 aliphatic rings. The standard InChI is InChI=1S/C27H27N5O2.ClH/c1-2-28-27(34)32-25-16-21-9-6-10-24(23(21)18-29-25)31-22-13-11-19(12-14-22)15-26(33)30-17-20-7-4-3-5-8-20;/h3-14,16,18,31H,2,15,17H2,1H3,(H,30,33)(H2,28,29,32,34);1H. The van der Waals surface area contributed by atoms with Crippen molar-refractivity contribution in [3.63, 3.8) is 0 Å². The number of nitrogens with one attached hydrogen (secondary N) is 4. The lowest BCUT2D eigenvalue weighted by Gasteiger charge is -2.12. The summed E-state index contributed by atoms with van der Waals surface area (Å²) in [6.45, 7) is 2.93. The van der Waals surface area contributed by atoms with E-state index in [2.05, 4.69) is 26.3 Å². The molecular formula is C27H28ClN5O2. The number of pyridine rings is 1. The van der Waals surface area contributed by atoms with E-state index < -0.39 is 0 Å². The zero-order chi connectivity index (χ0) is 23.8. The zero-order valence-corrected chi connectivity index (χ0v) is 20.2. The Balaban J connectivity index is 0.00000342. The number of amides is 3. The third-order valence-corrected chi connectivity index (χ3v) is 5.27. The van der Waals surface area contributed by atoms with Crippen LogP contribution in [0.25, 0.3) is 10.8 Å². The maximum Gasteiger partial charge on any atom is 0.320 e. The lowest BCUT2D eigenvalue weighted by molar-refractivity contribution is -0.120. The van der Waals surface area contributed by atoms with E-state index in [9.17, 15) is 9.59 Å². The normalized spacial score (nSPS) is 10.2. The predicted octanol–water partition coefficient (Wildman–Crippen LogP) is 5.40. The molecule has 1 heterocycles. The number of fused-ring (bicyclic) bond motifs is 1. The number of hydrogen-bond donors (Lipinski definition) is 4. The molecule has 0 bridgehead atoms. The second kappa shape index (κ2) is 12.4. The molecule has 0 fully saturated rings. The number of anilines is 3. The van der Waals surface area contributed by atoms with Gasteiger partial charge in [0.2, 0.25) is 5.91 Å². The van der Waals surface area contributed by atoms with E-state index >= 15 is 0 Å².